The Morgan fingerprint density at radius 3 is 2.37 bits per heavy atom. The van der Waals surface area contributed by atoms with Crippen LogP contribution in [-0.2, 0) is 11.3 Å². The minimum Gasteiger partial charge on any atom is -0.435 e. The zero-order valence-corrected chi connectivity index (χ0v) is 18.6. The van der Waals surface area contributed by atoms with Crippen molar-refractivity contribution in [2.75, 3.05) is 34.2 Å². The lowest BCUT2D eigenvalue weighted by atomic mass is 10.2. The van der Waals surface area contributed by atoms with Crippen LogP contribution < -0.4 is 10.1 Å². The van der Waals surface area contributed by atoms with Crippen molar-refractivity contribution in [3.63, 3.8) is 0 Å². The molecule has 0 heterocycles. The molecule has 0 aliphatic carbocycles. The maximum Gasteiger partial charge on any atom is 0.387 e. The van der Waals surface area contributed by atoms with Gasteiger partial charge in [0.2, 0.25) is 5.91 Å². The van der Waals surface area contributed by atoms with Crippen molar-refractivity contribution in [3.05, 3.63) is 29.8 Å². The average Bonchev–Trinajstić information content (AvgIpc) is 2.58. The third-order valence-corrected chi connectivity index (χ3v) is 3.61. The number of halogens is 3. The molecule has 0 atom stereocenters. The van der Waals surface area contributed by atoms with E-state index < -0.39 is 6.61 Å². The first kappa shape index (κ1) is 25.4. The summed E-state index contributed by atoms with van der Waals surface area (Å²) in [6.45, 7) is 0.604. The molecule has 27 heavy (non-hydrogen) atoms. The fourth-order valence-electron chi connectivity index (χ4n) is 2.10. The minimum atomic E-state index is -2.83. The Morgan fingerprint density at radius 2 is 1.85 bits per heavy atom. The zero-order chi connectivity index (χ0) is 19.5. The van der Waals surface area contributed by atoms with E-state index in [1.54, 1.807) is 26.2 Å². The van der Waals surface area contributed by atoms with Crippen LogP contribution in [0.3, 0.4) is 0 Å². The Bertz CT molecular complexity index is 583. The van der Waals surface area contributed by atoms with Crippen LogP contribution in [0, 0.1) is 0 Å². The molecule has 9 heteroatoms. The molecule has 0 aliphatic rings. The number of alkyl halides is 2. The van der Waals surface area contributed by atoms with Crippen molar-refractivity contribution in [3.8, 4) is 5.75 Å². The van der Waals surface area contributed by atoms with E-state index in [0.717, 1.165) is 24.9 Å². The lowest BCUT2D eigenvalue weighted by molar-refractivity contribution is -0.127. The first-order valence-electron chi connectivity index (χ1n) is 8.56. The Morgan fingerprint density at radius 1 is 1.22 bits per heavy atom. The highest BCUT2D eigenvalue weighted by atomic mass is 127. The molecule has 0 aliphatic heterocycles. The molecule has 1 aromatic carbocycles. The van der Waals surface area contributed by atoms with Crippen molar-refractivity contribution in [2.45, 2.75) is 32.9 Å². The molecule has 0 saturated heterocycles. The molecule has 1 N–H and O–H groups in total. The number of amides is 1. The summed E-state index contributed by atoms with van der Waals surface area (Å²) in [5, 5.41) is 3.25. The number of likely N-dealkylation sites (N-methyl/N-ethyl adjacent to an activating group) is 1. The lowest BCUT2D eigenvalue weighted by Gasteiger charge is -2.23. The number of aliphatic imine (C=N–C) groups is 1. The molecule has 6 nitrogen and oxygen atoms in total. The van der Waals surface area contributed by atoms with Gasteiger partial charge in [-0.25, -0.2) is 4.99 Å². The van der Waals surface area contributed by atoms with E-state index >= 15 is 0 Å². The second-order valence-electron chi connectivity index (χ2n) is 6.09. The van der Waals surface area contributed by atoms with Crippen LogP contribution in [0.25, 0.3) is 0 Å². The number of rotatable bonds is 9. The van der Waals surface area contributed by atoms with E-state index in [2.05, 4.69) is 22.0 Å². The summed E-state index contributed by atoms with van der Waals surface area (Å²) < 4.78 is 28.8. The molecule has 154 valence electrons. The number of ether oxygens (including phenoxy) is 1. The van der Waals surface area contributed by atoms with Gasteiger partial charge in [0, 0.05) is 34.2 Å². The predicted molar refractivity (Wildman–Crippen MR) is 114 cm³/mol. The maximum atomic E-state index is 12.2. The molecule has 0 spiro atoms. The van der Waals surface area contributed by atoms with Crippen LogP contribution in [0.5, 0.6) is 5.75 Å². The SMILES string of the molecule is CCCCNC(=NCC(=O)N(C)C)N(C)Cc1ccc(OC(F)F)cc1.I. The van der Waals surface area contributed by atoms with E-state index in [1.165, 1.54) is 17.0 Å². The van der Waals surface area contributed by atoms with E-state index in [9.17, 15) is 13.6 Å². The number of unbranched alkanes of at least 4 members (excludes halogenated alkanes) is 1. The molecule has 0 fully saturated rings. The number of hydrogen-bond donors (Lipinski definition) is 1. The number of nitrogens with zero attached hydrogens (tertiary/aromatic N) is 3. The smallest absolute Gasteiger partial charge is 0.387 e. The normalized spacial score (nSPS) is 11.0. The predicted octanol–water partition coefficient (Wildman–Crippen LogP) is 3.17. The van der Waals surface area contributed by atoms with Gasteiger partial charge in [0.15, 0.2) is 5.96 Å². The lowest BCUT2D eigenvalue weighted by Crippen LogP contribution is -2.40. The quantitative estimate of drug-likeness (QED) is 0.246. The molecule has 0 radical (unpaired) electrons. The molecule has 0 aromatic heterocycles. The van der Waals surface area contributed by atoms with E-state index in [4.69, 9.17) is 0 Å². The summed E-state index contributed by atoms with van der Waals surface area (Å²) in [7, 11) is 5.24. The van der Waals surface area contributed by atoms with Gasteiger partial charge < -0.3 is 19.9 Å². The number of carbonyl (C=O) groups is 1. The van der Waals surface area contributed by atoms with Crippen LogP contribution in [0.4, 0.5) is 8.78 Å². The molecular weight excluding hydrogens is 469 g/mol. The van der Waals surface area contributed by atoms with Crippen molar-refractivity contribution >= 4 is 35.8 Å². The highest BCUT2D eigenvalue weighted by Gasteiger charge is 2.10. The second-order valence-corrected chi connectivity index (χ2v) is 6.09. The Balaban J connectivity index is 0.00000676. The average molecular weight is 498 g/mol. The van der Waals surface area contributed by atoms with Crippen LogP contribution >= 0.6 is 24.0 Å². The highest BCUT2D eigenvalue weighted by molar-refractivity contribution is 14.0. The van der Waals surface area contributed by atoms with Gasteiger partial charge in [-0.1, -0.05) is 25.5 Å². The third kappa shape index (κ3) is 10.3. The Labute approximate surface area is 177 Å². The van der Waals surface area contributed by atoms with Gasteiger partial charge in [0.1, 0.15) is 12.3 Å². The molecule has 1 amide bonds. The topological polar surface area (TPSA) is 57.2 Å². The molecule has 0 saturated carbocycles. The van der Waals surface area contributed by atoms with E-state index in [0.29, 0.717) is 12.5 Å². The summed E-state index contributed by atoms with van der Waals surface area (Å²) in [5.74, 6) is 0.668. The van der Waals surface area contributed by atoms with Gasteiger partial charge in [-0.2, -0.15) is 8.78 Å². The summed E-state index contributed by atoms with van der Waals surface area (Å²) >= 11 is 0. The van der Waals surface area contributed by atoms with Gasteiger partial charge in [0.05, 0.1) is 0 Å². The summed E-state index contributed by atoms with van der Waals surface area (Å²) in [4.78, 5) is 19.6. The molecule has 1 rings (SSSR count). The molecule has 0 bridgehead atoms. The van der Waals surface area contributed by atoms with E-state index in [1.807, 2.05) is 11.9 Å². The van der Waals surface area contributed by atoms with E-state index in [-0.39, 0.29) is 42.2 Å². The van der Waals surface area contributed by atoms with Crippen molar-refractivity contribution in [1.82, 2.24) is 15.1 Å². The summed E-state index contributed by atoms with van der Waals surface area (Å²) in [6, 6.07) is 6.46. The van der Waals surface area contributed by atoms with Crippen LogP contribution in [0.15, 0.2) is 29.3 Å². The summed E-state index contributed by atoms with van der Waals surface area (Å²) in [5.41, 5.74) is 0.915. The van der Waals surface area contributed by atoms with Gasteiger partial charge >= 0.3 is 6.61 Å². The minimum absolute atomic E-state index is 0. The molecular formula is C18H29F2IN4O2. The third-order valence-electron chi connectivity index (χ3n) is 3.61. The fraction of sp³-hybridized carbons (Fsp3) is 0.556. The number of benzene rings is 1. The second kappa shape index (κ2) is 13.5. The first-order valence-corrected chi connectivity index (χ1v) is 8.56. The van der Waals surface area contributed by atoms with Crippen molar-refractivity contribution in [1.29, 1.82) is 0 Å². The number of guanidine groups is 1. The monoisotopic (exact) mass is 498 g/mol. The number of carbonyl (C=O) groups excluding carboxylic acids is 1. The van der Waals surface area contributed by atoms with Gasteiger partial charge in [-0.05, 0) is 24.1 Å². The first-order chi connectivity index (χ1) is 12.3. The number of nitrogens with one attached hydrogen (secondary N) is 1. The van der Waals surface area contributed by atoms with Gasteiger partial charge in [-0.15, -0.1) is 24.0 Å². The maximum absolute atomic E-state index is 12.2. The van der Waals surface area contributed by atoms with Crippen LogP contribution in [0.2, 0.25) is 0 Å². The van der Waals surface area contributed by atoms with Gasteiger partial charge in [0.25, 0.3) is 0 Å². The van der Waals surface area contributed by atoms with Crippen molar-refractivity contribution < 1.29 is 18.3 Å². The standard InChI is InChI=1S/C18H28F2N4O2.HI/c1-5-6-11-21-18(22-12-16(25)23(2)3)24(4)13-14-7-9-15(10-8-14)26-17(19)20;/h7-10,17H,5-6,11-13H2,1-4H3,(H,21,22);1H. The van der Waals surface area contributed by atoms with Crippen LogP contribution in [-0.4, -0.2) is 62.5 Å². The van der Waals surface area contributed by atoms with Crippen molar-refractivity contribution in [2.24, 2.45) is 4.99 Å². The fourth-order valence-corrected chi connectivity index (χ4v) is 2.10. The molecule has 0 unspecified atom stereocenters. The Kier molecular flexibility index (Phi) is 12.7. The Hall–Kier alpha value is -1.65. The van der Waals surface area contributed by atoms with Crippen LogP contribution in [0.1, 0.15) is 25.3 Å². The highest BCUT2D eigenvalue weighted by Crippen LogP contribution is 2.15. The van der Waals surface area contributed by atoms with Gasteiger partial charge in [-0.3, -0.25) is 4.79 Å². The molecule has 1 aromatic rings. The summed E-state index contributed by atoms with van der Waals surface area (Å²) in [6.07, 6.45) is 2.04. The largest absolute Gasteiger partial charge is 0.435 e. The zero-order valence-electron chi connectivity index (χ0n) is 16.2. The number of hydrogen-bond acceptors (Lipinski definition) is 3.